The fourth-order valence-corrected chi connectivity index (χ4v) is 2.21. The maximum absolute atomic E-state index is 12.1. The SMILES string of the molecule is COC1(CNC(=O)c2cc(Cl)ncc2[N+](=O)[O-])CCOC1. The molecule has 0 saturated carbocycles. The quantitative estimate of drug-likeness (QED) is 0.497. The van der Waals surface area contributed by atoms with Crippen molar-refractivity contribution in [1.82, 2.24) is 10.3 Å². The van der Waals surface area contributed by atoms with Crippen LogP contribution in [0, 0.1) is 10.1 Å². The number of carbonyl (C=O) groups is 1. The van der Waals surface area contributed by atoms with E-state index < -0.39 is 22.1 Å². The van der Waals surface area contributed by atoms with Gasteiger partial charge in [-0.15, -0.1) is 0 Å². The van der Waals surface area contributed by atoms with E-state index in [1.807, 2.05) is 0 Å². The van der Waals surface area contributed by atoms with Gasteiger partial charge in [-0.3, -0.25) is 14.9 Å². The van der Waals surface area contributed by atoms with E-state index in [0.29, 0.717) is 19.6 Å². The molecule has 1 N–H and O–H groups in total. The average molecular weight is 316 g/mol. The summed E-state index contributed by atoms with van der Waals surface area (Å²) < 4.78 is 10.6. The van der Waals surface area contributed by atoms with Crippen molar-refractivity contribution in [2.75, 3.05) is 26.9 Å². The summed E-state index contributed by atoms with van der Waals surface area (Å²) in [6.07, 6.45) is 1.60. The van der Waals surface area contributed by atoms with Gasteiger partial charge in [0.15, 0.2) is 0 Å². The number of hydrogen-bond acceptors (Lipinski definition) is 6. The van der Waals surface area contributed by atoms with Crippen molar-refractivity contribution >= 4 is 23.2 Å². The van der Waals surface area contributed by atoms with E-state index in [4.69, 9.17) is 21.1 Å². The highest BCUT2D eigenvalue weighted by Gasteiger charge is 2.35. The number of ether oxygens (including phenoxy) is 2. The molecule has 1 saturated heterocycles. The summed E-state index contributed by atoms with van der Waals surface area (Å²) in [7, 11) is 1.53. The highest BCUT2D eigenvalue weighted by atomic mass is 35.5. The van der Waals surface area contributed by atoms with Gasteiger partial charge in [0.2, 0.25) is 0 Å². The van der Waals surface area contributed by atoms with Gasteiger partial charge < -0.3 is 14.8 Å². The molecule has 1 unspecified atom stereocenters. The van der Waals surface area contributed by atoms with Crippen LogP contribution in [0.4, 0.5) is 5.69 Å². The zero-order chi connectivity index (χ0) is 15.5. The molecule has 0 aromatic carbocycles. The predicted molar refractivity (Wildman–Crippen MR) is 73.4 cm³/mol. The Bertz CT molecular complexity index is 560. The van der Waals surface area contributed by atoms with Crippen LogP contribution in [-0.4, -0.2) is 48.3 Å². The van der Waals surface area contributed by atoms with Gasteiger partial charge in [0.1, 0.15) is 22.5 Å². The smallest absolute Gasteiger partial charge is 0.300 e. The van der Waals surface area contributed by atoms with Gasteiger partial charge in [0.25, 0.3) is 11.6 Å². The summed E-state index contributed by atoms with van der Waals surface area (Å²) >= 11 is 5.69. The van der Waals surface area contributed by atoms with Gasteiger partial charge in [-0.2, -0.15) is 0 Å². The van der Waals surface area contributed by atoms with Gasteiger partial charge in [0, 0.05) is 26.7 Å². The third-order valence-corrected chi connectivity index (χ3v) is 3.57. The van der Waals surface area contributed by atoms with Crippen LogP contribution in [0.5, 0.6) is 0 Å². The second-order valence-corrected chi connectivity index (χ2v) is 5.04. The van der Waals surface area contributed by atoms with Gasteiger partial charge >= 0.3 is 0 Å². The lowest BCUT2D eigenvalue weighted by Gasteiger charge is -2.25. The summed E-state index contributed by atoms with van der Waals surface area (Å²) in [6.45, 7) is 1.10. The third kappa shape index (κ3) is 3.46. The predicted octanol–water partition coefficient (Wildman–Crippen LogP) is 1.18. The van der Waals surface area contributed by atoms with Crippen LogP contribution in [0.1, 0.15) is 16.8 Å². The summed E-state index contributed by atoms with van der Waals surface area (Å²) in [5.41, 5.74) is -1.13. The van der Waals surface area contributed by atoms with Crippen molar-refractivity contribution in [2.24, 2.45) is 0 Å². The number of carbonyl (C=O) groups excluding carboxylic acids is 1. The van der Waals surface area contributed by atoms with Gasteiger partial charge in [-0.25, -0.2) is 4.98 Å². The van der Waals surface area contributed by atoms with E-state index >= 15 is 0 Å². The minimum Gasteiger partial charge on any atom is -0.378 e. The molecular formula is C12H14ClN3O5. The number of methoxy groups -OCH3 is 1. The van der Waals surface area contributed by atoms with Gasteiger partial charge in [-0.1, -0.05) is 11.6 Å². The Hall–Kier alpha value is -1.77. The fourth-order valence-electron chi connectivity index (χ4n) is 2.05. The average Bonchev–Trinajstić information content (AvgIpc) is 2.94. The zero-order valence-corrected chi connectivity index (χ0v) is 12.1. The van der Waals surface area contributed by atoms with E-state index in [2.05, 4.69) is 10.3 Å². The Morgan fingerprint density at radius 2 is 2.48 bits per heavy atom. The minimum atomic E-state index is -0.678. The molecule has 1 fully saturated rings. The molecule has 8 nitrogen and oxygen atoms in total. The van der Waals surface area contributed by atoms with Crippen LogP contribution in [-0.2, 0) is 9.47 Å². The largest absolute Gasteiger partial charge is 0.378 e. The number of nitrogens with zero attached hydrogens (tertiary/aromatic N) is 2. The molecule has 1 aliphatic rings. The Kier molecular flexibility index (Phi) is 4.71. The van der Waals surface area contributed by atoms with Crippen LogP contribution in [0.25, 0.3) is 0 Å². The number of halogens is 1. The van der Waals surface area contributed by atoms with Crippen molar-refractivity contribution in [3.8, 4) is 0 Å². The molecule has 0 bridgehead atoms. The molecule has 1 aromatic heterocycles. The standard InChI is InChI=1S/C12H14ClN3O5/c1-20-12(2-3-21-7-12)6-15-11(17)8-4-10(13)14-5-9(8)16(18)19/h4-5H,2-3,6-7H2,1H3,(H,15,17). The second kappa shape index (κ2) is 6.33. The van der Waals surface area contributed by atoms with Crippen LogP contribution in [0.3, 0.4) is 0 Å². The Balaban J connectivity index is 2.13. The highest BCUT2D eigenvalue weighted by Crippen LogP contribution is 2.23. The molecule has 1 amide bonds. The van der Waals surface area contributed by atoms with Crippen molar-refractivity contribution < 1.29 is 19.2 Å². The first kappa shape index (κ1) is 15.6. The first-order valence-corrected chi connectivity index (χ1v) is 6.56. The number of aromatic nitrogens is 1. The van der Waals surface area contributed by atoms with E-state index in [-0.39, 0.29) is 17.3 Å². The topological polar surface area (TPSA) is 104 Å². The lowest BCUT2D eigenvalue weighted by Crippen LogP contribution is -2.45. The number of pyridine rings is 1. The third-order valence-electron chi connectivity index (χ3n) is 3.36. The maximum atomic E-state index is 12.1. The van der Waals surface area contributed by atoms with Crippen LogP contribution >= 0.6 is 11.6 Å². The minimum absolute atomic E-state index is 0.0106. The molecule has 1 atom stereocenters. The second-order valence-electron chi connectivity index (χ2n) is 4.65. The number of hydrogen-bond donors (Lipinski definition) is 1. The molecule has 1 aromatic rings. The zero-order valence-electron chi connectivity index (χ0n) is 11.3. The van der Waals surface area contributed by atoms with Crippen LogP contribution < -0.4 is 5.32 Å². The van der Waals surface area contributed by atoms with Crippen molar-refractivity contribution in [1.29, 1.82) is 0 Å². The monoisotopic (exact) mass is 315 g/mol. The van der Waals surface area contributed by atoms with E-state index in [1.54, 1.807) is 0 Å². The summed E-state index contributed by atoms with van der Waals surface area (Å²) in [4.78, 5) is 26.0. The lowest BCUT2D eigenvalue weighted by molar-refractivity contribution is -0.385. The number of nitro groups is 1. The highest BCUT2D eigenvalue weighted by molar-refractivity contribution is 6.29. The first-order valence-electron chi connectivity index (χ1n) is 6.18. The Morgan fingerprint density at radius 1 is 1.71 bits per heavy atom. The van der Waals surface area contributed by atoms with Crippen molar-refractivity contribution in [3.63, 3.8) is 0 Å². The Morgan fingerprint density at radius 3 is 3.05 bits per heavy atom. The molecule has 0 radical (unpaired) electrons. The number of nitrogens with one attached hydrogen (secondary N) is 1. The number of amides is 1. The molecule has 9 heteroatoms. The molecular weight excluding hydrogens is 302 g/mol. The molecule has 21 heavy (non-hydrogen) atoms. The molecule has 2 heterocycles. The van der Waals surface area contributed by atoms with Gasteiger partial charge in [0.05, 0.1) is 11.5 Å². The van der Waals surface area contributed by atoms with E-state index in [0.717, 1.165) is 6.20 Å². The summed E-state index contributed by atoms with van der Waals surface area (Å²) in [5.74, 6) is -0.602. The molecule has 0 aliphatic carbocycles. The normalized spacial score (nSPS) is 21.2. The van der Waals surface area contributed by atoms with Crippen molar-refractivity contribution in [3.05, 3.63) is 33.1 Å². The van der Waals surface area contributed by atoms with Crippen molar-refractivity contribution in [2.45, 2.75) is 12.0 Å². The lowest BCUT2D eigenvalue weighted by atomic mass is 10.0. The van der Waals surface area contributed by atoms with Crippen LogP contribution in [0.15, 0.2) is 12.3 Å². The first-order chi connectivity index (χ1) is 9.97. The Labute approximate surface area is 125 Å². The summed E-state index contributed by atoms with van der Waals surface area (Å²) in [5, 5.41) is 13.5. The molecule has 114 valence electrons. The van der Waals surface area contributed by atoms with Crippen LogP contribution in [0.2, 0.25) is 5.15 Å². The van der Waals surface area contributed by atoms with E-state index in [1.165, 1.54) is 13.2 Å². The van der Waals surface area contributed by atoms with E-state index in [9.17, 15) is 14.9 Å². The summed E-state index contributed by atoms with van der Waals surface area (Å²) in [6, 6.07) is 1.17. The van der Waals surface area contributed by atoms with Gasteiger partial charge in [-0.05, 0) is 6.07 Å². The maximum Gasteiger partial charge on any atom is 0.300 e. The molecule has 1 aliphatic heterocycles. The molecule has 0 spiro atoms. The molecule has 2 rings (SSSR count). The number of rotatable bonds is 5. The fraction of sp³-hybridized carbons (Fsp3) is 0.500.